The number of benzene rings is 2. The summed E-state index contributed by atoms with van der Waals surface area (Å²) in [6, 6.07) is 15.9. The van der Waals surface area contributed by atoms with Gasteiger partial charge in [0.05, 0.1) is 18.3 Å². The number of hydrogen-bond donors (Lipinski definition) is 1. The Bertz CT molecular complexity index is 1430. The summed E-state index contributed by atoms with van der Waals surface area (Å²) in [4.78, 5) is 42.7. The number of amides is 1. The maximum Gasteiger partial charge on any atom is 0.239 e. The van der Waals surface area contributed by atoms with Gasteiger partial charge in [-0.3, -0.25) is 9.78 Å². The highest BCUT2D eigenvalue weighted by Gasteiger charge is 2.64. The van der Waals surface area contributed by atoms with Crippen molar-refractivity contribution >= 4 is 22.5 Å². The van der Waals surface area contributed by atoms with Crippen molar-refractivity contribution in [2.75, 3.05) is 12.4 Å². The SMILES string of the molecule is COc1cc(NC(=O)C2CCC3(CC2)OOC2(OO3)C3CC4CC(C3)CC2C4)c2ncccc2c1-c1ccccc1. The van der Waals surface area contributed by atoms with Gasteiger partial charge in [-0.05, 0) is 68.4 Å². The van der Waals surface area contributed by atoms with Crippen LogP contribution in [0.3, 0.4) is 0 Å². The molecule has 1 saturated heterocycles. The van der Waals surface area contributed by atoms with Crippen molar-refractivity contribution in [3.05, 3.63) is 54.7 Å². The van der Waals surface area contributed by atoms with Gasteiger partial charge in [0.2, 0.25) is 17.5 Å². The molecule has 8 nitrogen and oxygen atoms in total. The van der Waals surface area contributed by atoms with Crippen LogP contribution >= 0.6 is 0 Å². The van der Waals surface area contributed by atoms with E-state index in [0.29, 0.717) is 49.0 Å². The van der Waals surface area contributed by atoms with Crippen LogP contribution in [0.1, 0.15) is 57.8 Å². The molecule has 1 aliphatic heterocycles. The van der Waals surface area contributed by atoms with E-state index in [2.05, 4.69) is 10.3 Å². The van der Waals surface area contributed by atoms with Gasteiger partial charge in [0.1, 0.15) is 5.75 Å². The number of rotatable bonds is 4. The number of hydrogen-bond acceptors (Lipinski definition) is 7. The van der Waals surface area contributed by atoms with Crippen LogP contribution in [-0.2, 0) is 24.3 Å². The lowest BCUT2D eigenvalue weighted by molar-refractivity contribution is -0.680. The Hall–Kier alpha value is -3.04. The molecule has 2 spiro atoms. The van der Waals surface area contributed by atoms with Crippen molar-refractivity contribution in [3.63, 3.8) is 0 Å². The second-order valence-electron chi connectivity index (χ2n) is 12.8. The van der Waals surface area contributed by atoms with Gasteiger partial charge < -0.3 is 10.1 Å². The molecule has 6 fully saturated rings. The Balaban J connectivity index is 0.964. The first-order valence-corrected chi connectivity index (χ1v) is 15.1. The number of pyridine rings is 1. The van der Waals surface area contributed by atoms with Gasteiger partial charge in [-0.25, -0.2) is 0 Å². The summed E-state index contributed by atoms with van der Waals surface area (Å²) in [6.07, 6.45) is 9.90. The number of fused-ring (bicyclic) bond motifs is 1. The van der Waals surface area contributed by atoms with Crippen LogP contribution in [0.2, 0.25) is 0 Å². The van der Waals surface area contributed by atoms with Crippen molar-refractivity contribution in [1.82, 2.24) is 4.98 Å². The number of carbonyl (C=O) groups is 1. The zero-order valence-corrected chi connectivity index (χ0v) is 23.3. The molecule has 5 saturated carbocycles. The highest BCUT2D eigenvalue weighted by molar-refractivity contribution is 6.08. The fourth-order valence-corrected chi connectivity index (χ4v) is 8.53. The summed E-state index contributed by atoms with van der Waals surface area (Å²) in [5, 5.41) is 4.08. The van der Waals surface area contributed by atoms with Crippen LogP contribution in [0.5, 0.6) is 5.75 Å². The maximum absolute atomic E-state index is 13.5. The van der Waals surface area contributed by atoms with E-state index in [1.807, 2.05) is 48.5 Å². The van der Waals surface area contributed by atoms with Gasteiger partial charge in [0, 0.05) is 53.8 Å². The van der Waals surface area contributed by atoms with Crippen molar-refractivity contribution in [3.8, 4) is 16.9 Å². The molecule has 5 aliphatic carbocycles. The van der Waals surface area contributed by atoms with Crippen molar-refractivity contribution in [2.45, 2.75) is 69.4 Å². The molecule has 8 heteroatoms. The minimum atomic E-state index is -0.953. The maximum atomic E-state index is 13.5. The molecule has 41 heavy (non-hydrogen) atoms. The van der Waals surface area contributed by atoms with E-state index < -0.39 is 11.6 Å². The smallest absolute Gasteiger partial charge is 0.239 e. The molecule has 9 rings (SSSR count). The fraction of sp³-hybridized carbons (Fsp3) is 0.515. The van der Waals surface area contributed by atoms with Gasteiger partial charge in [0.25, 0.3) is 0 Å². The van der Waals surface area contributed by atoms with Gasteiger partial charge in [-0.15, -0.1) is 0 Å². The molecular formula is C33H36N2O6. The van der Waals surface area contributed by atoms with Crippen LogP contribution in [0, 0.1) is 29.6 Å². The van der Waals surface area contributed by atoms with E-state index in [-0.39, 0.29) is 11.8 Å². The number of methoxy groups -OCH3 is 1. The Kier molecular flexibility index (Phi) is 6.11. The van der Waals surface area contributed by atoms with E-state index in [4.69, 9.17) is 24.3 Å². The van der Waals surface area contributed by atoms with Crippen LogP contribution < -0.4 is 10.1 Å². The first-order chi connectivity index (χ1) is 20.1. The second-order valence-corrected chi connectivity index (χ2v) is 12.8. The summed E-state index contributed by atoms with van der Waals surface area (Å²) >= 11 is 0. The van der Waals surface area contributed by atoms with Crippen LogP contribution in [0.25, 0.3) is 22.0 Å². The molecule has 0 atom stereocenters. The fourth-order valence-electron chi connectivity index (χ4n) is 8.53. The molecule has 1 N–H and O–H groups in total. The van der Waals surface area contributed by atoms with E-state index in [9.17, 15) is 4.79 Å². The van der Waals surface area contributed by atoms with E-state index >= 15 is 0 Å². The predicted octanol–water partition coefficient (Wildman–Crippen LogP) is 6.80. The van der Waals surface area contributed by atoms with Gasteiger partial charge in [-0.2, -0.15) is 19.6 Å². The van der Waals surface area contributed by atoms with Crippen LogP contribution in [0.15, 0.2) is 54.7 Å². The largest absolute Gasteiger partial charge is 0.496 e. The van der Waals surface area contributed by atoms with Crippen molar-refractivity contribution in [2.24, 2.45) is 29.6 Å². The molecule has 4 bridgehead atoms. The van der Waals surface area contributed by atoms with Crippen LogP contribution in [-0.4, -0.2) is 29.6 Å². The summed E-state index contributed by atoms with van der Waals surface area (Å²) < 4.78 is 5.79. The topological polar surface area (TPSA) is 88.1 Å². The lowest BCUT2D eigenvalue weighted by Gasteiger charge is -2.60. The molecule has 0 radical (unpaired) electrons. The first-order valence-electron chi connectivity index (χ1n) is 15.1. The Morgan fingerprint density at radius 3 is 2.24 bits per heavy atom. The summed E-state index contributed by atoms with van der Waals surface area (Å²) in [6.45, 7) is 0. The molecule has 0 unspecified atom stereocenters. The number of nitrogens with zero attached hydrogens (tertiary/aromatic N) is 1. The van der Waals surface area contributed by atoms with Gasteiger partial charge in [0.15, 0.2) is 0 Å². The highest BCUT2D eigenvalue weighted by Crippen LogP contribution is 2.62. The summed E-state index contributed by atoms with van der Waals surface area (Å²) in [7, 11) is 1.65. The normalized spacial score (nSPS) is 35.7. The highest BCUT2D eigenvalue weighted by atomic mass is 17.4. The number of anilines is 1. The van der Waals surface area contributed by atoms with Gasteiger partial charge in [-0.1, -0.05) is 36.4 Å². The average Bonchev–Trinajstić information content (AvgIpc) is 3.01. The molecule has 1 amide bonds. The third-order valence-electron chi connectivity index (χ3n) is 10.4. The third kappa shape index (κ3) is 4.18. The molecule has 2 heterocycles. The van der Waals surface area contributed by atoms with Crippen molar-refractivity contribution < 1.29 is 29.1 Å². The summed E-state index contributed by atoms with van der Waals surface area (Å²) in [5.74, 6) is 1.01. The molecule has 3 aromatic rings. The number of aromatic nitrogens is 1. The Morgan fingerprint density at radius 2 is 1.59 bits per heavy atom. The minimum Gasteiger partial charge on any atom is -0.496 e. The number of carbonyl (C=O) groups excluding carboxylic acids is 1. The van der Waals surface area contributed by atoms with Gasteiger partial charge >= 0.3 is 0 Å². The first kappa shape index (κ1) is 25.7. The zero-order chi connectivity index (χ0) is 27.6. The third-order valence-corrected chi connectivity index (χ3v) is 10.4. The lowest BCUT2D eigenvalue weighted by Crippen LogP contribution is -2.64. The number of ether oxygens (including phenoxy) is 1. The molecular weight excluding hydrogens is 520 g/mol. The molecule has 6 aliphatic rings. The van der Waals surface area contributed by atoms with E-state index in [0.717, 1.165) is 59.5 Å². The van der Waals surface area contributed by atoms with E-state index in [1.165, 1.54) is 6.42 Å². The summed E-state index contributed by atoms with van der Waals surface area (Å²) in [5.41, 5.74) is 3.36. The lowest BCUT2D eigenvalue weighted by atomic mass is 9.53. The molecule has 2 aromatic carbocycles. The predicted molar refractivity (Wildman–Crippen MR) is 151 cm³/mol. The Morgan fingerprint density at radius 1 is 0.902 bits per heavy atom. The quantitative estimate of drug-likeness (QED) is 0.354. The molecule has 1 aromatic heterocycles. The minimum absolute atomic E-state index is 0.0449. The Labute approximate surface area is 239 Å². The van der Waals surface area contributed by atoms with Crippen LogP contribution in [0.4, 0.5) is 5.69 Å². The number of nitrogens with one attached hydrogen (secondary N) is 1. The monoisotopic (exact) mass is 556 g/mol. The second kappa shape index (κ2) is 9.76. The zero-order valence-electron chi connectivity index (χ0n) is 23.3. The van der Waals surface area contributed by atoms with Crippen molar-refractivity contribution in [1.29, 1.82) is 0 Å². The average molecular weight is 557 g/mol. The molecule has 214 valence electrons. The standard InChI is InChI=1S/C33H36N2O6/c1-37-28-19-27(30-26(8-5-13-34-30)29(28)22-6-3-2-4-7-22)35-31(36)23-9-11-32(12-10-23)38-40-33(41-39-32)24-15-20-14-21(17-24)18-25(33)16-20/h2-8,13,19-21,23-25H,9-12,14-18H2,1H3,(H,35,36). The van der Waals surface area contributed by atoms with E-state index in [1.54, 1.807) is 13.3 Å².